The minimum atomic E-state index is -0.415. The predicted octanol–water partition coefficient (Wildman–Crippen LogP) is 4.65. The van der Waals surface area contributed by atoms with Crippen molar-refractivity contribution < 1.29 is 19.0 Å². The Morgan fingerprint density at radius 3 is 2.34 bits per heavy atom. The lowest BCUT2D eigenvalue weighted by Crippen LogP contribution is -2.30. The number of carbonyl (C=O) groups is 1. The summed E-state index contributed by atoms with van der Waals surface area (Å²) in [5.74, 6) is 2.25. The van der Waals surface area contributed by atoms with Gasteiger partial charge in [-0.2, -0.15) is 5.26 Å². The molecule has 212 valence electrons. The monoisotopic (exact) mass is 590 g/mol. The van der Waals surface area contributed by atoms with E-state index in [2.05, 4.69) is 5.32 Å². The molecule has 0 saturated carbocycles. The number of hydrogen-bond acceptors (Lipinski definition) is 9. The number of anilines is 1. The first kappa shape index (κ1) is 29.7. The SMILES string of the molecule is COc1ccc(CNc2c(/C=C3/SC(=S)N(CCc4ccc(OC)c(OC)c4)C3=O)c(C)c(C#N)c(=O)n2C)cc1. The maximum Gasteiger partial charge on any atom is 0.270 e. The van der Waals surface area contributed by atoms with Crippen molar-refractivity contribution >= 4 is 46.1 Å². The van der Waals surface area contributed by atoms with Gasteiger partial charge in [0.25, 0.3) is 11.5 Å². The highest BCUT2D eigenvalue weighted by atomic mass is 32.2. The molecule has 0 bridgehead atoms. The van der Waals surface area contributed by atoms with Crippen LogP contribution in [0, 0.1) is 18.3 Å². The Balaban J connectivity index is 1.62. The van der Waals surface area contributed by atoms with E-state index < -0.39 is 5.56 Å². The highest BCUT2D eigenvalue weighted by molar-refractivity contribution is 8.26. The van der Waals surface area contributed by atoms with Crippen LogP contribution in [0.2, 0.25) is 0 Å². The van der Waals surface area contributed by atoms with E-state index in [-0.39, 0.29) is 11.5 Å². The average Bonchev–Trinajstić information content (AvgIpc) is 3.26. The van der Waals surface area contributed by atoms with E-state index in [0.717, 1.165) is 16.9 Å². The number of nitriles is 1. The van der Waals surface area contributed by atoms with Crippen molar-refractivity contribution in [2.45, 2.75) is 19.9 Å². The van der Waals surface area contributed by atoms with E-state index in [4.69, 9.17) is 26.4 Å². The van der Waals surface area contributed by atoms with Crippen LogP contribution in [0.1, 0.15) is 27.8 Å². The van der Waals surface area contributed by atoms with Gasteiger partial charge in [0.15, 0.2) is 11.5 Å². The molecule has 2 heterocycles. The third-order valence-corrected chi connectivity index (χ3v) is 8.22. The molecule has 1 fully saturated rings. The molecule has 41 heavy (non-hydrogen) atoms. The maximum absolute atomic E-state index is 13.5. The molecule has 4 rings (SSSR count). The second-order valence-electron chi connectivity index (χ2n) is 9.21. The minimum Gasteiger partial charge on any atom is -0.497 e. The van der Waals surface area contributed by atoms with Gasteiger partial charge in [-0.25, -0.2) is 0 Å². The zero-order valence-corrected chi connectivity index (χ0v) is 25.1. The summed E-state index contributed by atoms with van der Waals surface area (Å²) in [5.41, 5.74) is 2.62. The van der Waals surface area contributed by atoms with Crippen LogP contribution >= 0.6 is 24.0 Å². The number of carbonyl (C=O) groups excluding carboxylic acids is 1. The van der Waals surface area contributed by atoms with Gasteiger partial charge >= 0.3 is 0 Å². The van der Waals surface area contributed by atoms with Crippen molar-refractivity contribution in [3.8, 4) is 23.3 Å². The smallest absolute Gasteiger partial charge is 0.270 e. The summed E-state index contributed by atoms with van der Waals surface area (Å²) in [6, 6.07) is 15.2. The Hall–Kier alpha value is -4.27. The number of hydrogen-bond donors (Lipinski definition) is 1. The number of benzene rings is 2. The largest absolute Gasteiger partial charge is 0.497 e. The van der Waals surface area contributed by atoms with Crippen LogP contribution in [-0.4, -0.2) is 47.6 Å². The van der Waals surface area contributed by atoms with Gasteiger partial charge in [-0.15, -0.1) is 0 Å². The van der Waals surface area contributed by atoms with Crippen molar-refractivity contribution in [1.29, 1.82) is 5.26 Å². The van der Waals surface area contributed by atoms with Crippen LogP contribution in [0.5, 0.6) is 17.2 Å². The number of methoxy groups -OCH3 is 3. The molecule has 0 atom stereocenters. The van der Waals surface area contributed by atoms with Gasteiger partial charge in [0, 0.05) is 25.7 Å². The zero-order chi connectivity index (χ0) is 29.7. The lowest BCUT2D eigenvalue weighted by molar-refractivity contribution is -0.122. The number of nitrogens with one attached hydrogen (secondary N) is 1. The Labute approximate surface area is 248 Å². The molecule has 1 aliphatic heterocycles. The Morgan fingerprint density at radius 2 is 1.71 bits per heavy atom. The summed E-state index contributed by atoms with van der Waals surface area (Å²) >= 11 is 6.76. The van der Waals surface area contributed by atoms with E-state index in [1.165, 1.54) is 16.3 Å². The van der Waals surface area contributed by atoms with Gasteiger partial charge in [-0.05, 0) is 60.4 Å². The maximum atomic E-state index is 13.5. The van der Waals surface area contributed by atoms with Gasteiger partial charge in [0.05, 0.1) is 26.2 Å². The molecular weight excluding hydrogens is 560 g/mol. The van der Waals surface area contributed by atoms with Crippen molar-refractivity contribution in [3.63, 3.8) is 0 Å². The fourth-order valence-corrected chi connectivity index (χ4v) is 5.77. The van der Waals surface area contributed by atoms with Crippen LogP contribution in [0.4, 0.5) is 5.82 Å². The number of amides is 1. The molecule has 9 nitrogen and oxygen atoms in total. The van der Waals surface area contributed by atoms with E-state index >= 15 is 0 Å². The summed E-state index contributed by atoms with van der Waals surface area (Å²) in [7, 11) is 6.36. The molecule has 0 aliphatic carbocycles. The predicted molar refractivity (Wildman–Crippen MR) is 165 cm³/mol. The lowest BCUT2D eigenvalue weighted by atomic mass is 10.0. The molecule has 0 spiro atoms. The summed E-state index contributed by atoms with van der Waals surface area (Å²) in [5, 5.41) is 13.0. The van der Waals surface area contributed by atoms with Crippen LogP contribution in [-0.2, 0) is 24.8 Å². The second kappa shape index (κ2) is 12.9. The third kappa shape index (κ3) is 6.24. The normalized spacial score (nSPS) is 13.9. The number of thioether (sulfide) groups is 1. The summed E-state index contributed by atoms with van der Waals surface area (Å²) in [6.45, 7) is 2.51. The highest BCUT2D eigenvalue weighted by Gasteiger charge is 2.32. The molecule has 1 amide bonds. The molecule has 0 unspecified atom stereocenters. The van der Waals surface area contributed by atoms with E-state index in [1.807, 2.05) is 48.5 Å². The summed E-state index contributed by atoms with van der Waals surface area (Å²) in [6.07, 6.45) is 2.27. The topological polar surface area (TPSA) is 106 Å². The first-order chi connectivity index (χ1) is 19.7. The first-order valence-electron chi connectivity index (χ1n) is 12.7. The van der Waals surface area contributed by atoms with Crippen LogP contribution in [0.15, 0.2) is 52.2 Å². The minimum absolute atomic E-state index is 0.0256. The third-order valence-electron chi connectivity index (χ3n) is 6.84. The molecule has 3 aromatic rings. The number of thiocarbonyl (C=S) groups is 1. The Kier molecular flexibility index (Phi) is 9.37. The standard InChI is InChI=1S/C30H30N4O5S2/c1-18-22(27(33(2)28(35)23(18)16-31)32-17-20-6-9-21(37-3)10-7-20)15-26-29(36)34(30(40)41-26)13-12-19-8-11-24(38-4)25(14-19)39-5/h6-11,14-15,32H,12-13,17H2,1-5H3/b26-15+. The van der Waals surface area contributed by atoms with Crippen LogP contribution < -0.4 is 25.1 Å². The van der Waals surface area contributed by atoms with Gasteiger partial charge in [0.2, 0.25) is 0 Å². The van der Waals surface area contributed by atoms with Crippen molar-refractivity contribution in [3.05, 3.63) is 85.5 Å². The molecule has 11 heteroatoms. The fraction of sp³-hybridized carbons (Fsp3) is 0.267. The van der Waals surface area contributed by atoms with Crippen molar-refractivity contribution in [1.82, 2.24) is 9.47 Å². The summed E-state index contributed by atoms with van der Waals surface area (Å²) in [4.78, 5) is 28.4. The number of ether oxygens (including phenoxy) is 3. The van der Waals surface area contributed by atoms with Crippen LogP contribution in [0.25, 0.3) is 6.08 Å². The second-order valence-corrected chi connectivity index (χ2v) is 10.9. The molecule has 1 aliphatic rings. The van der Waals surface area contributed by atoms with E-state index in [0.29, 0.717) is 57.2 Å². The number of aromatic nitrogens is 1. The van der Waals surface area contributed by atoms with E-state index in [9.17, 15) is 14.9 Å². The highest BCUT2D eigenvalue weighted by Crippen LogP contribution is 2.35. The van der Waals surface area contributed by atoms with Gasteiger partial charge < -0.3 is 19.5 Å². The number of rotatable bonds is 10. The lowest BCUT2D eigenvalue weighted by Gasteiger charge is -2.18. The fourth-order valence-electron chi connectivity index (χ4n) is 4.47. The molecule has 1 saturated heterocycles. The molecule has 1 aromatic heterocycles. The Bertz CT molecular complexity index is 1620. The first-order valence-corrected chi connectivity index (χ1v) is 13.9. The molecule has 1 N–H and O–H groups in total. The molecule has 2 aromatic carbocycles. The van der Waals surface area contributed by atoms with Gasteiger partial charge in [0.1, 0.15) is 27.5 Å². The average molecular weight is 591 g/mol. The van der Waals surface area contributed by atoms with Crippen molar-refractivity contribution in [2.24, 2.45) is 7.05 Å². The number of nitrogens with zero attached hydrogens (tertiary/aromatic N) is 3. The van der Waals surface area contributed by atoms with E-state index in [1.54, 1.807) is 46.3 Å². The van der Waals surface area contributed by atoms with Crippen molar-refractivity contribution in [2.75, 3.05) is 33.2 Å². The van der Waals surface area contributed by atoms with Gasteiger partial charge in [-0.3, -0.25) is 19.1 Å². The molecule has 0 radical (unpaired) electrons. The zero-order valence-electron chi connectivity index (χ0n) is 23.4. The molecular formula is C30H30N4O5S2. The number of pyridine rings is 1. The Morgan fingerprint density at radius 1 is 1.02 bits per heavy atom. The van der Waals surface area contributed by atoms with Gasteiger partial charge in [-0.1, -0.05) is 42.2 Å². The summed E-state index contributed by atoms with van der Waals surface area (Å²) < 4.78 is 17.8. The van der Waals surface area contributed by atoms with Crippen LogP contribution in [0.3, 0.4) is 0 Å². The quantitative estimate of drug-likeness (QED) is 0.267.